The number of aromatic nitrogens is 2. The Bertz CT molecular complexity index is 1310. The van der Waals surface area contributed by atoms with Crippen LogP contribution in [0.3, 0.4) is 0 Å². The monoisotopic (exact) mass is 446 g/mol. The van der Waals surface area contributed by atoms with Gasteiger partial charge in [-0.25, -0.2) is 4.98 Å². The van der Waals surface area contributed by atoms with Crippen LogP contribution in [0.25, 0.3) is 21.6 Å². The lowest BCUT2D eigenvalue weighted by atomic mass is 9.89. The van der Waals surface area contributed by atoms with Gasteiger partial charge < -0.3 is 14.5 Å². The summed E-state index contributed by atoms with van der Waals surface area (Å²) in [6, 6.07) is 15.6. The van der Waals surface area contributed by atoms with E-state index in [1.165, 1.54) is 16.0 Å². The van der Waals surface area contributed by atoms with E-state index in [9.17, 15) is 4.79 Å². The van der Waals surface area contributed by atoms with Gasteiger partial charge in [0.1, 0.15) is 35.4 Å². The summed E-state index contributed by atoms with van der Waals surface area (Å²) >= 11 is 1.67. The second-order valence-electron chi connectivity index (χ2n) is 8.48. The Balaban J connectivity index is 1.27. The van der Waals surface area contributed by atoms with Gasteiger partial charge in [-0.1, -0.05) is 19.1 Å². The number of aryl methyl sites for hydroxylation is 2. The predicted octanol–water partition coefficient (Wildman–Crippen LogP) is 5.54. The summed E-state index contributed by atoms with van der Waals surface area (Å²) in [6.45, 7) is 5.23. The van der Waals surface area contributed by atoms with Gasteiger partial charge in [-0.05, 0) is 79.6 Å². The van der Waals surface area contributed by atoms with Crippen molar-refractivity contribution in [3.8, 4) is 22.9 Å². The van der Waals surface area contributed by atoms with Crippen molar-refractivity contribution >= 4 is 21.6 Å². The zero-order valence-corrected chi connectivity index (χ0v) is 19.1. The van der Waals surface area contributed by atoms with Gasteiger partial charge in [-0.2, -0.15) is 0 Å². The molecule has 5 nitrogen and oxygen atoms in total. The third-order valence-electron chi connectivity index (χ3n) is 5.90. The molecular formula is C26H26N2O3S. The third kappa shape index (κ3) is 4.28. The Morgan fingerprint density at radius 1 is 1.09 bits per heavy atom. The van der Waals surface area contributed by atoms with Crippen LogP contribution in [0.5, 0.6) is 11.5 Å². The van der Waals surface area contributed by atoms with Gasteiger partial charge in [0.15, 0.2) is 0 Å². The standard InChI is InChI=1S/C26H26N2O3S/c1-16-4-3-5-20(14-16)31-13-12-30-19-9-7-18(8-10-19)24-27-25(29)23-21-11-6-17(2)15-22(21)32-26(23)28-24/h3-5,7-10,14,17H,6,11-13,15H2,1-2H3,(H,27,28,29)/t17-/m1/s1. The maximum Gasteiger partial charge on any atom is 0.260 e. The molecule has 0 radical (unpaired) electrons. The average Bonchev–Trinajstić information content (AvgIpc) is 3.15. The molecule has 0 spiro atoms. The highest BCUT2D eigenvalue weighted by Gasteiger charge is 2.23. The first-order chi connectivity index (χ1) is 15.6. The number of H-pyrrole nitrogens is 1. The van der Waals surface area contributed by atoms with Crippen molar-refractivity contribution in [3.05, 3.63) is 74.9 Å². The van der Waals surface area contributed by atoms with Crippen LogP contribution in [0, 0.1) is 12.8 Å². The Hall–Kier alpha value is -3.12. The Morgan fingerprint density at radius 2 is 1.88 bits per heavy atom. The molecule has 1 atom stereocenters. The number of ether oxygens (including phenoxy) is 2. The highest BCUT2D eigenvalue weighted by atomic mass is 32.1. The third-order valence-corrected chi connectivity index (χ3v) is 7.05. The molecular weight excluding hydrogens is 420 g/mol. The quantitative estimate of drug-likeness (QED) is 0.395. The van der Waals surface area contributed by atoms with Crippen molar-refractivity contribution < 1.29 is 9.47 Å². The number of hydrogen-bond acceptors (Lipinski definition) is 5. The molecule has 0 saturated carbocycles. The molecule has 6 heteroatoms. The zero-order valence-electron chi connectivity index (χ0n) is 18.3. The molecule has 0 aliphatic heterocycles. The summed E-state index contributed by atoms with van der Waals surface area (Å²) in [5, 5.41) is 0.786. The minimum absolute atomic E-state index is 0.0364. The van der Waals surface area contributed by atoms with E-state index in [4.69, 9.17) is 14.5 Å². The highest BCUT2D eigenvalue weighted by Crippen LogP contribution is 2.36. The highest BCUT2D eigenvalue weighted by molar-refractivity contribution is 7.18. The predicted molar refractivity (Wildman–Crippen MR) is 129 cm³/mol. The summed E-state index contributed by atoms with van der Waals surface area (Å²) in [7, 11) is 0. The van der Waals surface area contributed by atoms with E-state index in [1.807, 2.05) is 55.5 Å². The van der Waals surface area contributed by atoms with E-state index in [2.05, 4.69) is 11.9 Å². The number of aromatic amines is 1. The minimum atomic E-state index is -0.0364. The van der Waals surface area contributed by atoms with E-state index >= 15 is 0 Å². The Morgan fingerprint density at radius 3 is 2.66 bits per heavy atom. The normalized spacial score (nSPS) is 15.5. The lowest BCUT2D eigenvalue weighted by Gasteiger charge is -2.17. The fourth-order valence-electron chi connectivity index (χ4n) is 4.22. The summed E-state index contributed by atoms with van der Waals surface area (Å²) in [6.07, 6.45) is 3.16. The number of fused-ring (bicyclic) bond motifs is 3. The van der Waals surface area contributed by atoms with Gasteiger partial charge in [0, 0.05) is 10.4 Å². The molecule has 164 valence electrons. The number of hydrogen-bond donors (Lipinski definition) is 1. The van der Waals surface area contributed by atoms with Gasteiger partial charge in [0.2, 0.25) is 0 Å². The van der Waals surface area contributed by atoms with E-state index in [0.29, 0.717) is 25.0 Å². The van der Waals surface area contributed by atoms with E-state index in [1.54, 1.807) is 11.3 Å². The molecule has 1 N–H and O–H groups in total. The molecule has 32 heavy (non-hydrogen) atoms. The number of nitrogens with zero attached hydrogens (tertiary/aromatic N) is 1. The average molecular weight is 447 g/mol. The first kappa shape index (κ1) is 20.8. The minimum Gasteiger partial charge on any atom is -0.490 e. The van der Waals surface area contributed by atoms with Crippen molar-refractivity contribution in [2.75, 3.05) is 13.2 Å². The maximum absolute atomic E-state index is 12.8. The number of benzene rings is 2. The summed E-state index contributed by atoms with van der Waals surface area (Å²) in [4.78, 5) is 22.8. The van der Waals surface area contributed by atoms with Crippen molar-refractivity contribution in [1.82, 2.24) is 9.97 Å². The lowest BCUT2D eigenvalue weighted by Crippen LogP contribution is -2.13. The van der Waals surface area contributed by atoms with Crippen LogP contribution in [-0.2, 0) is 12.8 Å². The van der Waals surface area contributed by atoms with Crippen molar-refractivity contribution in [1.29, 1.82) is 0 Å². The number of rotatable bonds is 6. The fraction of sp³-hybridized carbons (Fsp3) is 0.308. The van der Waals surface area contributed by atoms with Crippen LogP contribution in [0.4, 0.5) is 0 Å². The second-order valence-corrected chi connectivity index (χ2v) is 9.57. The largest absolute Gasteiger partial charge is 0.490 e. The van der Waals surface area contributed by atoms with Crippen molar-refractivity contribution in [3.63, 3.8) is 0 Å². The number of thiophene rings is 1. The van der Waals surface area contributed by atoms with Gasteiger partial charge in [-0.3, -0.25) is 4.79 Å². The molecule has 0 saturated heterocycles. The van der Waals surface area contributed by atoms with Crippen LogP contribution < -0.4 is 15.0 Å². The fourth-order valence-corrected chi connectivity index (χ4v) is 5.60. The Kier molecular flexibility index (Phi) is 5.70. The summed E-state index contributed by atoms with van der Waals surface area (Å²) in [5.41, 5.74) is 3.21. The first-order valence-corrected chi connectivity index (χ1v) is 11.9. The molecule has 0 bridgehead atoms. The summed E-state index contributed by atoms with van der Waals surface area (Å²) in [5.74, 6) is 2.87. The molecule has 0 fully saturated rings. The van der Waals surface area contributed by atoms with E-state index < -0.39 is 0 Å². The van der Waals surface area contributed by atoms with Crippen LogP contribution in [0.1, 0.15) is 29.3 Å². The van der Waals surface area contributed by atoms with E-state index in [0.717, 1.165) is 46.5 Å². The van der Waals surface area contributed by atoms with Crippen LogP contribution in [0.2, 0.25) is 0 Å². The van der Waals surface area contributed by atoms with E-state index in [-0.39, 0.29) is 5.56 Å². The van der Waals surface area contributed by atoms with Gasteiger partial charge in [-0.15, -0.1) is 11.3 Å². The molecule has 0 unspecified atom stereocenters. The molecule has 0 amide bonds. The molecule has 5 rings (SSSR count). The maximum atomic E-state index is 12.8. The molecule has 1 aliphatic carbocycles. The topological polar surface area (TPSA) is 64.2 Å². The first-order valence-electron chi connectivity index (χ1n) is 11.0. The van der Waals surface area contributed by atoms with Gasteiger partial charge in [0.05, 0.1) is 5.39 Å². The molecule has 2 heterocycles. The van der Waals surface area contributed by atoms with Crippen molar-refractivity contribution in [2.24, 2.45) is 5.92 Å². The van der Waals surface area contributed by atoms with Gasteiger partial charge in [0.25, 0.3) is 5.56 Å². The van der Waals surface area contributed by atoms with Crippen molar-refractivity contribution in [2.45, 2.75) is 33.1 Å². The zero-order chi connectivity index (χ0) is 22.1. The SMILES string of the molecule is Cc1cccc(OCCOc2ccc(-c3nc4sc5c(c4c(=O)[nH]3)CC[C@@H](C)C5)cc2)c1. The Labute approximate surface area is 191 Å². The van der Waals surface area contributed by atoms with Crippen LogP contribution in [-0.4, -0.2) is 23.2 Å². The molecule has 2 aromatic heterocycles. The molecule has 4 aromatic rings. The smallest absolute Gasteiger partial charge is 0.260 e. The lowest BCUT2D eigenvalue weighted by molar-refractivity contribution is 0.217. The second kappa shape index (κ2) is 8.79. The van der Waals surface area contributed by atoms with Gasteiger partial charge >= 0.3 is 0 Å². The van der Waals surface area contributed by atoms with Crippen LogP contribution >= 0.6 is 11.3 Å². The van der Waals surface area contributed by atoms with Crippen LogP contribution in [0.15, 0.2) is 53.3 Å². The summed E-state index contributed by atoms with van der Waals surface area (Å²) < 4.78 is 11.5. The number of nitrogens with one attached hydrogen (secondary N) is 1. The molecule has 1 aliphatic rings. The molecule has 2 aromatic carbocycles.